The van der Waals surface area contributed by atoms with Crippen molar-refractivity contribution in [2.75, 3.05) is 13.1 Å². The Kier molecular flexibility index (Phi) is 5.40. The van der Waals surface area contributed by atoms with Gasteiger partial charge in [-0.25, -0.2) is 4.98 Å². The first-order valence-corrected chi connectivity index (χ1v) is 5.98. The third-order valence-electron chi connectivity index (χ3n) is 2.75. The maximum absolute atomic E-state index is 4.38. The Morgan fingerprint density at radius 3 is 2.93 bits per heavy atom. The summed E-state index contributed by atoms with van der Waals surface area (Å²) in [6.07, 6.45) is 6.26. The molecule has 0 aliphatic heterocycles. The molecule has 0 aliphatic carbocycles. The summed E-state index contributed by atoms with van der Waals surface area (Å²) in [5.41, 5.74) is 0. The summed E-state index contributed by atoms with van der Waals surface area (Å²) < 4.78 is 2.22. The second kappa shape index (κ2) is 6.62. The molecule has 0 amide bonds. The topological polar surface area (TPSA) is 29.9 Å². The van der Waals surface area contributed by atoms with E-state index in [1.54, 1.807) is 0 Å². The molecule has 3 heteroatoms. The average Bonchev–Trinajstić information content (AvgIpc) is 2.70. The molecular formula is C12H23N3. The van der Waals surface area contributed by atoms with Crippen LogP contribution in [0.3, 0.4) is 0 Å². The first-order chi connectivity index (χ1) is 7.27. The highest BCUT2D eigenvalue weighted by atomic mass is 15.0. The van der Waals surface area contributed by atoms with Gasteiger partial charge in [-0.3, -0.25) is 0 Å². The maximum atomic E-state index is 4.38. The predicted octanol–water partition coefficient (Wildman–Crippen LogP) is 2.08. The van der Waals surface area contributed by atoms with E-state index in [9.17, 15) is 0 Å². The Morgan fingerprint density at radius 1 is 1.47 bits per heavy atom. The molecule has 0 saturated carbocycles. The van der Waals surface area contributed by atoms with E-state index in [4.69, 9.17) is 0 Å². The van der Waals surface area contributed by atoms with E-state index < -0.39 is 0 Å². The lowest BCUT2D eigenvalue weighted by molar-refractivity contribution is 0.478. The van der Waals surface area contributed by atoms with Crippen molar-refractivity contribution in [3.63, 3.8) is 0 Å². The highest BCUT2D eigenvalue weighted by Gasteiger charge is 2.05. The molecule has 1 unspecified atom stereocenters. The minimum Gasteiger partial charge on any atom is -0.335 e. The van der Waals surface area contributed by atoms with Gasteiger partial charge in [0.2, 0.25) is 0 Å². The largest absolute Gasteiger partial charge is 0.335 e. The smallest absolute Gasteiger partial charge is 0.108 e. The van der Waals surface area contributed by atoms with Gasteiger partial charge in [0.15, 0.2) is 0 Å². The number of hydrogen-bond donors (Lipinski definition) is 1. The van der Waals surface area contributed by atoms with Crippen LogP contribution in [0.15, 0.2) is 12.4 Å². The summed E-state index contributed by atoms with van der Waals surface area (Å²) in [5, 5.41) is 3.38. The molecule has 1 aromatic heterocycles. The highest BCUT2D eigenvalue weighted by Crippen LogP contribution is 2.07. The van der Waals surface area contributed by atoms with E-state index in [2.05, 4.69) is 41.8 Å². The van der Waals surface area contributed by atoms with E-state index in [-0.39, 0.29) is 0 Å². The summed E-state index contributed by atoms with van der Waals surface area (Å²) in [6, 6.07) is 0. The van der Waals surface area contributed by atoms with Crippen LogP contribution >= 0.6 is 0 Å². The van der Waals surface area contributed by atoms with Crippen molar-refractivity contribution in [1.29, 1.82) is 0 Å². The van der Waals surface area contributed by atoms with E-state index in [1.807, 2.05) is 6.20 Å². The minimum absolute atomic E-state index is 0.729. The molecular weight excluding hydrogens is 186 g/mol. The molecule has 86 valence electrons. The zero-order chi connectivity index (χ0) is 11.1. The van der Waals surface area contributed by atoms with Gasteiger partial charge in [0, 0.05) is 25.4 Å². The van der Waals surface area contributed by atoms with Crippen LogP contribution in [0.5, 0.6) is 0 Å². The van der Waals surface area contributed by atoms with Gasteiger partial charge in [-0.1, -0.05) is 13.8 Å². The first kappa shape index (κ1) is 12.2. The third-order valence-corrected chi connectivity index (χ3v) is 2.75. The van der Waals surface area contributed by atoms with Gasteiger partial charge in [0.05, 0.1) is 0 Å². The van der Waals surface area contributed by atoms with Crippen molar-refractivity contribution >= 4 is 0 Å². The predicted molar refractivity (Wildman–Crippen MR) is 63.9 cm³/mol. The van der Waals surface area contributed by atoms with E-state index in [0.717, 1.165) is 32.0 Å². The van der Waals surface area contributed by atoms with Gasteiger partial charge in [-0.05, 0) is 32.4 Å². The molecule has 15 heavy (non-hydrogen) atoms. The molecule has 0 bridgehead atoms. The average molecular weight is 209 g/mol. The zero-order valence-corrected chi connectivity index (χ0v) is 10.2. The lowest BCUT2D eigenvalue weighted by Crippen LogP contribution is -2.21. The molecule has 0 spiro atoms. The van der Waals surface area contributed by atoms with Gasteiger partial charge in [-0.2, -0.15) is 0 Å². The Balaban J connectivity index is 2.30. The SMILES string of the molecule is CCNCC(C)CCc1nccn1CC. The van der Waals surface area contributed by atoms with Gasteiger partial charge in [0.25, 0.3) is 0 Å². The van der Waals surface area contributed by atoms with Crippen LogP contribution in [0.25, 0.3) is 0 Å². The second-order valence-corrected chi connectivity index (χ2v) is 4.08. The van der Waals surface area contributed by atoms with E-state index in [1.165, 1.54) is 12.2 Å². The van der Waals surface area contributed by atoms with Gasteiger partial charge in [-0.15, -0.1) is 0 Å². The number of rotatable bonds is 7. The van der Waals surface area contributed by atoms with Crippen LogP contribution in [-0.2, 0) is 13.0 Å². The molecule has 3 nitrogen and oxygen atoms in total. The Labute approximate surface area is 92.9 Å². The Morgan fingerprint density at radius 2 is 2.27 bits per heavy atom. The van der Waals surface area contributed by atoms with Crippen LogP contribution < -0.4 is 5.32 Å². The second-order valence-electron chi connectivity index (χ2n) is 4.08. The van der Waals surface area contributed by atoms with Crippen molar-refractivity contribution in [3.8, 4) is 0 Å². The summed E-state index contributed by atoms with van der Waals surface area (Å²) in [7, 11) is 0. The highest BCUT2D eigenvalue weighted by molar-refractivity contribution is 4.92. The van der Waals surface area contributed by atoms with Gasteiger partial charge < -0.3 is 9.88 Å². The standard InChI is InChI=1S/C12H23N3/c1-4-13-10-11(3)6-7-12-14-8-9-15(12)5-2/h8-9,11,13H,4-7,10H2,1-3H3. The van der Waals surface area contributed by atoms with Crippen molar-refractivity contribution in [2.45, 2.75) is 40.2 Å². The van der Waals surface area contributed by atoms with Crippen LogP contribution in [0.4, 0.5) is 0 Å². The molecule has 1 atom stereocenters. The fourth-order valence-electron chi connectivity index (χ4n) is 1.72. The Hall–Kier alpha value is -0.830. The third kappa shape index (κ3) is 4.04. The molecule has 0 radical (unpaired) electrons. The van der Waals surface area contributed by atoms with Crippen molar-refractivity contribution in [2.24, 2.45) is 5.92 Å². The molecule has 1 heterocycles. The van der Waals surface area contributed by atoms with Crippen LogP contribution in [0, 0.1) is 5.92 Å². The number of aromatic nitrogens is 2. The summed E-state index contributed by atoms with van der Waals surface area (Å²) in [4.78, 5) is 4.38. The molecule has 1 aromatic rings. The number of hydrogen-bond acceptors (Lipinski definition) is 2. The first-order valence-electron chi connectivity index (χ1n) is 5.98. The fourth-order valence-corrected chi connectivity index (χ4v) is 1.72. The summed E-state index contributed by atoms with van der Waals surface area (Å²) in [6.45, 7) is 9.81. The zero-order valence-electron chi connectivity index (χ0n) is 10.2. The molecule has 1 N–H and O–H groups in total. The normalized spacial score (nSPS) is 13.0. The quantitative estimate of drug-likeness (QED) is 0.745. The lowest BCUT2D eigenvalue weighted by atomic mass is 10.1. The van der Waals surface area contributed by atoms with Crippen LogP contribution in [0.1, 0.15) is 33.0 Å². The molecule has 0 saturated heterocycles. The van der Waals surface area contributed by atoms with Crippen LogP contribution in [0.2, 0.25) is 0 Å². The van der Waals surface area contributed by atoms with E-state index >= 15 is 0 Å². The number of nitrogens with one attached hydrogen (secondary N) is 1. The molecule has 0 fully saturated rings. The number of imidazole rings is 1. The molecule has 0 aliphatic rings. The maximum Gasteiger partial charge on any atom is 0.108 e. The number of aryl methyl sites for hydroxylation is 2. The molecule has 1 rings (SSSR count). The lowest BCUT2D eigenvalue weighted by Gasteiger charge is -2.11. The van der Waals surface area contributed by atoms with Crippen LogP contribution in [-0.4, -0.2) is 22.6 Å². The van der Waals surface area contributed by atoms with Crippen molar-refractivity contribution < 1.29 is 0 Å². The minimum atomic E-state index is 0.729. The Bertz CT molecular complexity index is 268. The van der Waals surface area contributed by atoms with E-state index in [0.29, 0.717) is 0 Å². The van der Waals surface area contributed by atoms with Gasteiger partial charge in [0.1, 0.15) is 5.82 Å². The number of nitrogens with zero attached hydrogens (tertiary/aromatic N) is 2. The summed E-state index contributed by atoms with van der Waals surface area (Å²) in [5.74, 6) is 1.95. The van der Waals surface area contributed by atoms with Crippen molar-refractivity contribution in [1.82, 2.24) is 14.9 Å². The monoisotopic (exact) mass is 209 g/mol. The molecule has 0 aromatic carbocycles. The fraction of sp³-hybridized carbons (Fsp3) is 0.750. The van der Waals surface area contributed by atoms with Crippen molar-refractivity contribution in [3.05, 3.63) is 18.2 Å². The summed E-state index contributed by atoms with van der Waals surface area (Å²) >= 11 is 0. The van der Waals surface area contributed by atoms with Gasteiger partial charge >= 0.3 is 0 Å².